The molecule has 0 bridgehead atoms. The topological polar surface area (TPSA) is 87.5 Å². The second-order valence-electron chi connectivity index (χ2n) is 4.84. The lowest BCUT2D eigenvalue weighted by Crippen LogP contribution is -2.43. The van der Waals surface area contributed by atoms with Gasteiger partial charge in [0.15, 0.2) is 0 Å². The van der Waals surface area contributed by atoms with Crippen molar-refractivity contribution >= 4 is 17.6 Å². The van der Waals surface area contributed by atoms with Gasteiger partial charge in [-0.1, -0.05) is 18.2 Å². The highest BCUT2D eigenvalue weighted by atomic mass is 16.2. The molecule has 3 amide bonds. The fraction of sp³-hybridized carbons (Fsp3) is 0.429. The molecule has 0 saturated carbocycles. The molecule has 0 fully saturated rings. The van der Waals surface area contributed by atoms with Crippen molar-refractivity contribution < 1.29 is 9.59 Å². The number of rotatable bonds is 4. The number of amides is 3. The standard InChI is InChI=1S/C14H20N4O2/c1-16-14(20)17-13(19)9-18-8-10(6-7-15)11-4-2-3-5-12(11)18/h2-5,10H,6-9,15H2,1H3,(H2,16,17,19,20). The Bertz CT molecular complexity index is 504. The number of carbonyl (C=O) groups is 2. The molecule has 20 heavy (non-hydrogen) atoms. The van der Waals surface area contributed by atoms with Gasteiger partial charge in [0.05, 0.1) is 6.54 Å². The van der Waals surface area contributed by atoms with Crippen LogP contribution in [0.2, 0.25) is 0 Å². The number of hydrogen-bond donors (Lipinski definition) is 3. The molecule has 1 aromatic rings. The highest BCUT2D eigenvalue weighted by Gasteiger charge is 2.28. The molecule has 0 radical (unpaired) electrons. The normalized spacial score (nSPS) is 16.7. The van der Waals surface area contributed by atoms with Crippen LogP contribution in [-0.4, -0.2) is 38.6 Å². The maximum absolute atomic E-state index is 11.8. The molecule has 6 heteroatoms. The van der Waals surface area contributed by atoms with Crippen LogP contribution in [0, 0.1) is 0 Å². The largest absolute Gasteiger partial charge is 0.361 e. The van der Waals surface area contributed by atoms with E-state index in [0.29, 0.717) is 12.5 Å². The molecule has 1 aliphatic heterocycles. The first kappa shape index (κ1) is 14.3. The third-order valence-corrected chi connectivity index (χ3v) is 3.49. The Labute approximate surface area is 118 Å². The zero-order chi connectivity index (χ0) is 14.5. The Balaban J connectivity index is 2.07. The molecule has 0 aliphatic carbocycles. The van der Waals surface area contributed by atoms with Crippen molar-refractivity contribution in [3.8, 4) is 0 Å². The van der Waals surface area contributed by atoms with Gasteiger partial charge in [-0.3, -0.25) is 10.1 Å². The van der Waals surface area contributed by atoms with Crippen LogP contribution >= 0.6 is 0 Å². The smallest absolute Gasteiger partial charge is 0.321 e. The maximum Gasteiger partial charge on any atom is 0.321 e. The minimum atomic E-state index is -0.485. The molecule has 0 spiro atoms. The van der Waals surface area contributed by atoms with Crippen molar-refractivity contribution in [3.63, 3.8) is 0 Å². The van der Waals surface area contributed by atoms with Gasteiger partial charge in [0.1, 0.15) is 0 Å². The van der Waals surface area contributed by atoms with Crippen molar-refractivity contribution in [3.05, 3.63) is 29.8 Å². The van der Waals surface area contributed by atoms with Gasteiger partial charge in [0.2, 0.25) is 5.91 Å². The quantitative estimate of drug-likeness (QED) is 0.742. The molecule has 6 nitrogen and oxygen atoms in total. The molecule has 2 rings (SSSR count). The van der Waals surface area contributed by atoms with E-state index in [0.717, 1.165) is 18.7 Å². The second kappa shape index (κ2) is 6.38. The molecule has 0 saturated heterocycles. The minimum absolute atomic E-state index is 0.172. The molecule has 1 aliphatic rings. The summed E-state index contributed by atoms with van der Waals surface area (Å²) in [6, 6.07) is 7.54. The predicted molar refractivity (Wildman–Crippen MR) is 77.7 cm³/mol. The van der Waals surface area contributed by atoms with Gasteiger partial charge in [-0.15, -0.1) is 0 Å². The number of anilines is 1. The number of benzene rings is 1. The number of imide groups is 1. The lowest BCUT2D eigenvalue weighted by Gasteiger charge is -2.19. The summed E-state index contributed by atoms with van der Waals surface area (Å²) >= 11 is 0. The van der Waals surface area contributed by atoms with Crippen LogP contribution in [-0.2, 0) is 4.79 Å². The number of para-hydroxylation sites is 1. The van der Waals surface area contributed by atoms with E-state index in [1.807, 2.05) is 23.1 Å². The van der Waals surface area contributed by atoms with Crippen molar-refractivity contribution in [2.75, 3.05) is 31.6 Å². The zero-order valence-corrected chi connectivity index (χ0v) is 11.6. The molecule has 1 aromatic carbocycles. The summed E-state index contributed by atoms with van der Waals surface area (Å²) < 4.78 is 0. The highest BCUT2D eigenvalue weighted by molar-refractivity contribution is 5.96. The van der Waals surface area contributed by atoms with E-state index in [1.165, 1.54) is 12.6 Å². The van der Waals surface area contributed by atoms with Crippen molar-refractivity contribution in [2.24, 2.45) is 5.73 Å². The van der Waals surface area contributed by atoms with E-state index < -0.39 is 6.03 Å². The molecule has 1 heterocycles. The van der Waals surface area contributed by atoms with E-state index in [-0.39, 0.29) is 12.5 Å². The lowest BCUT2D eigenvalue weighted by atomic mass is 9.98. The molecular formula is C14H20N4O2. The van der Waals surface area contributed by atoms with Crippen molar-refractivity contribution in [1.82, 2.24) is 10.6 Å². The van der Waals surface area contributed by atoms with Gasteiger partial charge in [-0.05, 0) is 24.6 Å². The SMILES string of the molecule is CNC(=O)NC(=O)CN1CC(CCN)c2ccccc21. The molecule has 1 atom stereocenters. The first-order valence-electron chi connectivity index (χ1n) is 6.71. The van der Waals surface area contributed by atoms with Crippen LogP contribution in [0.4, 0.5) is 10.5 Å². The van der Waals surface area contributed by atoms with Crippen LogP contribution < -0.4 is 21.3 Å². The number of hydrogen-bond acceptors (Lipinski definition) is 4. The number of nitrogens with two attached hydrogens (primary N) is 1. The van der Waals surface area contributed by atoms with Crippen LogP contribution in [0.1, 0.15) is 17.9 Å². The monoisotopic (exact) mass is 276 g/mol. The molecular weight excluding hydrogens is 256 g/mol. The first-order chi connectivity index (χ1) is 9.65. The van der Waals surface area contributed by atoms with E-state index >= 15 is 0 Å². The third-order valence-electron chi connectivity index (χ3n) is 3.49. The fourth-order valence-electron chi connectivity index (χ4n) is 2.58. The van der Waals surface area contributed by atoms with Gasteiger partial charge >= 0.3 is 6.03 Å². The highest BCUT2D eigenvalue weighted by Crippen LogP contribution is 2.37. The van der Waals surface area contributed by atoms with Gasteiger partial charge in [-0.25, -0.2) is 4.79 Å². The van der Waals surface area contributed by atoms with Gasteiger partial charge in [-0.2, -0.15) is 0 Å². The minimum Gasteiger partial charge on any atom is -0.361 e. The zero-order valence-electron chi connectivity index (χ0n) is 11.6. The van der Waals surface area contributed by atoms with E-state index in [1.54, 1.807) is 0 Å². The Kier molecular flexibility index (Phi) is 4.57. The average molecular weight is 276 g/mol. The Morgan fingerprint density at radius 1 is 1.40 bits per heavy atom. The Morgan fingerprint density at radius 2 is 2.15 bits per heavy atom. The average Bonchev–Trinajstić information content (AvgIpc) is 2.78. The molecule has 108 valence electrons. The summed E-state index contributed by atoms with van der Waals surface area (Å²) in [4.78, 5) is 24.9. The summed E-state index contributed by atoms with van der Waals surface area (Å²) in [6.07, 6.45) is 0.893. The summed E-state index contributed by atoms with van der Waals surface area (Å²) in [7, 11) is 1.48. The molecule has 0 aromatic heterocycles. The number of fused-ring (bicyclic) bond motifs is 1. The Morgan fingerprint density at radius 3 is 2.85 bits per heavy atom. The van der Waals surface area contributed by atoms with Crippen LogP contribution in [0.25, 0.3) is 0 Å². The lowest BCUT2D eigenvalue weighted by molar-refractivity contribution is -0.118. The first-order valence-corrected chi connectivity index (χ1v) is 6.71. The number of carbonyl (C=O) groups excluding carboxylic acids is 2. The summed E-state index contributed by atoms with van der Waals surface area (Å²) in [5.41, 5.74) is 7.93. The molecule has 4 N–H and O–H groups in total. The van der Waals surface area contributed by atoms with E-state index in [9.17, 15) is 9.59 Å². The predicted octanol–water partition coefficient (Wildman–Crippen LogP) is 0.395. The maximum atomic E-state index is 11.8. The number of nitrogens with zero attached hydrogens (tertiary/aromatic N) is 1. The van der Waals surface area contributed by atoms with Crippen LogP contribution in [0.5, 0.6) is 0 Å². The summed E-state index contributed by atoms with van der Waals surface area (Å²) in [5, 5.41) is 4.64. The van der Waals surface area contributed by atoms with Crippen LogP contribution in [0.15, 0.2) is 24.3 Å². The van der Waals surface area contributed by atoms with Gasteiger partial charge < -0.3 is 16.0 Å². The number of nitrogens with one attached hydrogen (secondary N) is 2. The van der Waals surface area contributed by atoms with Gasteiger partial charge in [0.25, 0.3) is 0 Å². The summed E-state index contributed by atoms with van der Waals surface area (Å²) in [5.74, 6) is 0.0385. The van der Waals surface area contributed by atoms with E-state index in [2.05, 4.69) is 16.7 Å². The van der Waals surface area contributed by atoms with Crippen molar-refractivity contribution in [1.29, 1.82) is 0 Å². The summed E-state index contributed by atoms with van der Waals surface area (Å²) in [6.45, 7) is 1.56. The fourth-order valence-corrected chi connectivity index (χ4v) is 2.58. The third kappa shape index (κ3) is 3.08. The Hall–Kier alpha value is -2.08. The number of urea groups is 1. The second-order valence-corrected chi connectivity index (χ2v) is 4.84. The van der Waals surface area contributed by atoms with Crippen molar-refractivity contribution in [2.45, 2.75) is 12.3 Å². The van der Waals surface area contributed by atoms with Gasteiger partial charge in [0, 0.05) is 25.2 Å². The van der Waals surface area contributed by atoms with E-state index in [4.69, 9.17) is 5.73 Å². The molecule has 1 unspecified atom stereocenters. The van der Waals surface area contributed by atoms with Crippen LogP contribution in [0.3, 0.4) is 0 Å².